The van der Waals surface area contributed by atoms with Gasteiger partial charge < -0.3 is 10.6 Å². The van der Waals surface area contributed by atoms with E-state index in [-0.39, 0.29) is 11.9 Å². The molecule has 0 aliphatic carbocycles. The maximum atomic E-state index is 12.8. The molecular weight excluding hydrogens is 229 g/mol. The van der Waals surface area contributed by atoms with E-state index in [9.17, 15) is 4.39 Å². The van der Waals surface area contributed by atoms with Gasteiger partial charge >= 0.3 is 0 Å². The van der Waals surface area contributed by atoms with Crippen LogP contribution in [0.4, 0.5) is 4.39 Å². The lowest BCUT2D eigenvalue weighted by molar-refractivity contribution is 0.308. The summed E-state index contributed by atoms with van der Waals surface area (Å²) >= 11 is 0. The summed E-state index contributed by atoms with van der Waals surface area (Å²) in [5, 5.41) is 0. The van der Waals surface area contributed by atoms with Crippen LogP contribution in [0, 0.1) is 17.7 Å². The normalized spacial score (nSPS) is 26.4. The van der Waals surface area contributed by atoms with E-state index in [1.165, 1.54) is 12.3 Å². The smallest absolute Gasteiger partial charge is 0.141 e. The van der Waals surface area contributed by atoms with E-state index >= 15 is 0 Å². The summed E-state index contributed by atoms with van der Waals surface area (Å²) in [4.78, 5) is 6.49. The minimum Gasteiger partial charge on any atom is -0.323 e. The van der Waals surface area contributed by atoms with E-state index < -0.39 is 0 Å². The number of nitrogens with two attached hydrogens (primary N) is 1. The van der Waals surface area contributed by atoms with E-state index in [0.717, 1.165) is 43.6 Å². The Kier molecular flexibility index (Phi) is 4.30. The van der Waals surface area contributed by atoms with Gasteiger partial charge in [0.2, 0.25) is 0 Å². The molecule has 0 saturated carbocycles. The number of nitrogens with zero attached hydrogens (tertiary/aromatic N) is 2. The lowest BCUT2D eigenvalue weighted by Crippen LogP contribution is -2.26. The van der Waals surface area contributed by atoms with E-state index in [0.29, 0.717) is 0 Å². The van der Waals surface area contributed by atoms with Crippen LogP contribution in [0.25, 0.3) is 0 Å². The molecule has 2 N–H and O–H groups in total. The molecule has 0 spiro atoms. The van der Waals surface area contributed by atoms with Crippen LogP contribution in [-0.2, 0) is 0 Å². The van der Waals surface area contributed by atoms with Crippen LogP contribution in [0.5, 0.6) is 0 Å². The van der Waals surface area contributed by atoms with Crippen molar-refractivity contribution in [3.63, 3.8) is 0 Å². The van der Waals surface area contributed by atoms with Gasteiger partial charge in [0.15, 0.2) is 0 Å². The SMILES string of the molecule is CC1CN(CCC(N)c2ccc(F)cn2)CC1C. The molecule has 100 valence electrons. The zero-order valence-electron chi connectivity index (χ0n) is 11.1. The Balaban J connectivity index is 1.81. The Bertz CT molecular complexity index is 369. The van der Waals surface area contributed by atoms with Gasteiger partial charge in [-0.25, -0.2) is 4.39 Å². The Morgan fingerprint density at radius 2 is 2.06 bits per heavy atom. The standard InChI is InChI=1S/C14H22FN3/c1-10-8-18(9-11(10)2)6-5-13(16)14-4-3-12(15)7-17-14/h3-4,7,10-11,13H,5-6,8-9,16H2,1-2H3. The molecule has 1 aliphatic rings. The summed E-state index contributed by atoms with van der Waals surface area (Å²) < 4.78 is 12.8. The highest BCUT2D eigenvalue weighted by molar-refractivity contribution is 5.09. The average Bonchev–Trinajstić information content (AvgIpc) is 2.67. The Morgan fingerprint density at radius 3 is 2.61 bits per heavy atom. The summed E-state index contributed by atoms with van der Waals surface area (Å²) in [6, 6.07) is 2.99. The van der Waals surface area contributed by atoms with Crippen molar-refractivity contribution in [2.45, 2.75) is 26.3 Å². The molecule has 0 bridgehead atoms. The van der Waals surface area contributed by atoms with E-state index in [1.807, 2.05) is 0 Å². The Morgan fingerprint density at radius 1 is 1.39 bits per heavy atom. The molecular formula is C14H22FN3. The monoisotopic (exact) mass is 251 g/mol. The molecule has 2 heterocycles. The molecule has 3 nitrogen and oxygen atoms in total. The highest BCUT2D eigenvalue weighted by Crippen LogP contribution is 2.23. The molecule has 18 heavy (non-hydrogen) atoms. The topological polar surface area (TPSA) is 42.1 Å². The fourth-order valence-corrected chi connectivity index (χ4v) is 2.51. The lowest BCUT2D eigenvalue weighted by Gasteiger charge is -2.18. The van der Waals surface area contributed by atoms with Crippen LogP contribution >= 0.6 is 0 Å². The first-order chi connectivity index (χ1) is 8.56. The van der Waals surface area contributed by atoms with Gasteiger partial charge in [0, 0.05) is 25.7 Å². The van der Waals surface area contributed by atoms with Crippen molar-refractivity contribution in [1.29, 1.82) is 0 Å². The van der Waals surface area contributed by atoms with E-state index in [4.69, 9.17) is 5.73 Å². The third kappa shape index (κ3) is 3.27. The molecule has 0 radical (unpaired) electrons. The lowest BCUT2D eigenvalue weighted by atomic mass is 10.0. The van der Waals surface area contributed by atoms with Crippen molar-refractivity contribution in [3.8, 4) is 0 Å². The Labute approximate surface area is 108 Å². The first kappa shape index (κ1) is 13.4. The van der Waals surface area contributed by atoms with Gasteiger partial charge in [-0.15, -0.1) is 0 Å². The third-order valence-electron chi connectivity index (χ3n) is 3.95. The van der Waals surface area contributed by atoms with Crippen LogP contribution in [0.15, 0.2) is 18.3 Å². The van der Waals surface area contributed by atoms with Gasteiger partial charge in [0.05, 0.1) is 11.9 Å². The second kappa shape index (κ2) is 5.76. The van der Waals surface area contributed by atoms with Gasteiger partial charge in [0.1, 0.15) is 5.82 Å². The largest absolute Gasteiger partial charge is 0.323 e. The van der Waals surface area contributed by atoms with Crippen LogP contribution in [0.3, 0.4) is 0 Å². The van der Waals surface area contributed by atoms with Crippen molar-refractivity contribution in [1.82, 2.24) is 9.88 Å². The average molecular weight is 251 g/mol. The van der Waals surface area contributed by atoms with Crippen LogP contribution in [0.1, 0.15) is 32.0 Å². The molecule has 1 fully saturated rings. The van der Waals surface area contributed by atoms with Gasteiger partial charge in [-0.1, -0.05) is 13.8 Å². The van der Waals surface area contributed by atoms with Crippen LogP contribution < -0.4 is 5.73 Å². The third-order valence-corrected chi connectivity index (χ3v) is 3.95. The molecule has 0 aromatic carbocycles. The number of rotatable bonds is 4. The van der Waals surface area contributed by atoms with Crippen LogP contribution in [-0.4, -0.2) is 29.5 Å². The molecule has 2 rings (SSSR count). The molecule has 1 aromatic rings. The van der Waals surface area contributed by atoms with Crippen molar-refractivity contribution >= 4 is 0 Å². The number of aromatic nitrogens is 1. The van der Waals surface area contributed by atoms with E-state index in [1.54, 1.807) is 6.07 Å². The Hall–Kier alpha value is -1.00. The van der Waals surface area contributed by atoms with Gasteiger partial charge in [-0.2, -0.15) is 0 Å². The van der Waals surface area contributed by atoms with Crippen molar-refractivity contribution < 1.29 is 4.39 Å². The number of pyridine rings is 1. The predicted molar refractivity (Wildman–Crippen MR) is 70.5 cm³/mol. The first-order valence-corrected chi connectivity index (χ1v) is 6.65. The summed E-state index contributed by atoms with van der Waals surface area (Å²) in [6.07, 6.45) is 2.10. The predicted octanol–water partition coefficient (Wildman–Crippen LogP) is 2.20. The minimum absolute atomic E-state index is 0.100. The summed E-state index contributed by atoms with van der Waals surface area (Å²) in [7, 11) is 0. The number of hydrogen-bond donors (Lipinski definition) is 1. The summed E-state index contributed by atoms with van der Waals surface area (Å²) in [5.74, 6) is 1.23. The van der Waals surface area contributed by atoms with Gasteiger partial charge in [-0.05, 0) is 30.4 Å². The number of likely N-dealkylation sites (tertiary alicyclic amines) is 1. The van der Waals surface area contributed by atoms with Crippen LogP contribution in [0.2, 0.25) is 0 Å². The van der Waals surface area contributed by atoms with Crippen molar-refractivity contribution in [3.05, 3.63) is 29.8 Å². The molecule has 1 saturated heterocycles. The maximum absolute atomic E-state index is 12.8. The zero-order valence-corrected chi connectivity index (χ0v) is 11.1. The summed E-state index contributed by atoms with van der Waals surface area (Å²) in [5.41, 5.74) is 6.86. The second-order valence-electron chi connectivity index (χ2n) is 5.51. The second-order valence-corrected chi connectivity index (χ2v) is 5.51. The maximum Gasteiger partial charge on any atom is 0.141 e. The fourth-order valence-electron chi connectivity index (χ4n) is 2.51. The highest BCUT2D eigenvalue weighted by Gasteiger charge is 2.25. The number of halogens is 1. The fraction of sp³-hybridized carbons (Fsp3) is 0.643. The molecule has 1 aliphatic heterocycles. The zero-order chi connectivity index (χ0) is 13.1. The first-order valence-electron chi connectivity index (χ1n) is 6.65. The molecule has 0 amide bonds. The van der Waals surface area contributed by atoms with E-state index in [2.05, 4.69) is 23.7 Å². The van der Waals surface area contributed by atoms with Gasteiger partial charge in [-0.3, -0.25) is 4.98 Å². The minimum atomic E-state index is -0.312. The van der Waals surface area contributed by atoms with Crippen molar-refractivity contribution in [2.75, 3.05) is 19.6 Å². The van der Waals surface area contributed by atoms with Crippen molar-refractivity contribution in [2.24, 2.45) is 17.6 Å². The molecule has 3 atom stereocenters. The highest BCUT2D eigenvalue weighted by atomic mass is 19.1. The molecule has 3 unspecified atom stereocenters. The number of hydrogen-bond acceptors (Lipinski definition) is 3. The molecule has 1 aromatic heterocycles. The van der Waals surface area contributed by atoms with Gasteiger partial charge in [0.25, 0.3) is 0 Å². The quantitative estimate of drug-likeness (QED) is 0.892. The molecule has 4 heteroatoms. The summed E-state index contributed by atoms with van der Waals surface area (Å²) in [6.45, 7) is 7.91.